The molecule has 498 valence electrons. The zero-order valence-electron chi connectivity index (χ0n) is 59.7. The Balaban J connectivity index is 0.000000107. The molecule has 6 heterocycles. The van der Waals surface area contributed by atoms with E-state index >= 15 is 0 Å². The molecular weight excluding hydrogens is 1250 g/mol. The lowest BCUT2D eigenvalue weighted by atomic mass is 9.77. The van der Waals surface area contributed by atoms with Crippen LogP contribution in [0.1, 0.15) is 74.9 Å². The third kappa shape index (κ3) is 8.24. The van der Waals surface area contributed by atoms with Gasteiger partial charge in [0, 0.05) is 54.4 Å². The molecule has 15 aromatic rings. The van der Waals surface area contributed by atoms with Gasteiger partial charge in [0.2, 0.25) is 17.2 Å². The third-order valence-electron chi connectivity index (χ3n) is 24.3. The molecule has 21 rings (SSSR count). The summed E-state index contributed by atoms with van der Waals surface area (Å²) < 4.78 is 20.9. The Labute approximate surface area is 594 Å². The Kier molecular flexibility index (Phi) is 13.0. The number of likely N-dealkylation sites (N-methyl/N-ethyl adjacent to an activating group) is 3. The van der Waals surface area contributed by atoms with E-state index in [-0.39, 0.29) is 16.2 Å². The van der Waals surface area contributed by atoms with Crippen molar-refractivity contribution < 1.29 is 14.2 Å². The van der Waals surface area contributed by atoms with E-state index in [9.17, 15) is 0 Å². The van der Waals surface area contributed by atoms with Crippen LogP contribution in [-0.4, -0.2) is 57.0 Å². The summed E-state index contributed by atoms with van der Waals surface area (Å²) in [7, 11) is 6.37. The fourth-order valence-electron chi connectivity index (χ4n) is 18.5. The lowest BCUT2D eigenvalue weighted by Gasteiger charge is -2.45. The van der Waals surface area contributed by atoms with E-state index in [4.69, 9.17) is 29.2 Å². The van der Waals surface area contributed by atoms with Crippen molar-refractivity contribution in [3.8, 4) is 17.2 Å². The number of ether oxygens (including phenoxy) is 3. The highest BCUT2D eigenvalue weighted by Crippen LogP contribution is 2.60. The van der Waals surface area contributed by atoms with E-state index in [1.165, 1.54) is 131 Å². The largest absolute Gasteiger partial charge is 0.459 e. The maximum absolute atomic E-state index is 7.08. The van der Waals surface area contributed by atoms with Gasteiger partial charge in [0.1, 0.15) is 34.3 Å². The van der Waals surface area contributed by atoms with Gasteiger partial charge in [-0.1, -0.05) is 188 Å². The lowest BCUT2D eigenvalue weighted by Crippen LogP contribution is -2.61. The van der Waals surface area contributed by atoms with Gasteiger partial charge in [-0.3, -0.25) is 15.0 Å². The molecule has 6 aliphatic rings. The molecule has 0 saturated heterocycles. The molecule has 0 bridgehead atoms. The Hall–Kier alpha value is -11.6. The smallest absolute Gasteiger partial charge is 0.228 e. The maximum atomic E-state index is 7.08. The van der Waals surface area contributed by atoms with Crippen molar-refractivity contribution in [2.75, 3.05) is 35.8 Å². The van der Waals surface area contributed by atoms with Crippen LogP contribution in [0.4, 0.5) is 34.1 Å². The first-order chi connectivity index (χ1) is 49.2. The average molecular weight is 1330 g/mol. The number of benzene rings is 15. The van der Waals surface area contributed by atoms with Crippen LogP contribution in [0.15, 0.2) is 252 Å². The van der Waals surface area contributed by atoms with Crippen LogP contribution >= 0.6 is 0 Å². The quantitative estimate of drug-likeness (QED) is 0.141. The summed E-state index contributed by atoms with van der Waals surface area (Å²) in [6, 6.07) is 84.8. The molecular formula is C93H78N6O3. The fraction of sp³-hybridized carbons (Fsp3) is 0.194. The first kappa shape index (κ1) is 61.5. The van der Waals surface area contributed by atoms with Crippen molar-refractivity contribution >= 4 is 150 Å². The number of nitrogens with zero attached hydrogens (tertiary/aromatic N) is 6. The normalized spacial score (nSPS) is 20.2. The minimum absolute atomic E-state index is 0.244. The molecule has 0 N–H and O–H groups in total. The number of para-hydroxylation sites is 1. The molecule has 0 saturated carbocycles. The predicted molar refractivity (Wildman–Crippen MR) is 429 cm³/mol. The summed E-state index contributed by atoms with van der Waals surface area (Å²) in [6.07, 6.45) is 6.08. The van der Waals surface area contributed by atoms with Crippen molar-refractivity contribution in [3.05, 3.63) is 270 Å². The monoisotopic (exact) mass is 1330 g/mol. The van der Waals surface area contributed by atoms with Gasteiger partial charge in [-0.25, -0.2) is 0 Å². The molecule has 102 heavy (non-hydrogen) atoms. The van der Waals surface area contributed by atoms with Gasteiger partial charge in [0.25, 0.3) is 0 Å². The highest BCUT2D eigenvalue weighted by Gasteiger charge is 2.61. The first-order valence-corrected chi connectivity index (χ1v) is 35.6. The second kappa shape index (κ2) is 21.5. The number of hydrogen-bond acceptors (Lipinski definition) is 9. The summed E-state index contributed by atoms with van der Waals surface area (Å²) in [6.45, 7) is 20.1. The van der Waals surface area contributed by atoms with Crippen molar-refractivity contribution in [3.63, 3.8) is 0 Å². The zero-order valence-corrected chi connectivity index (χ0v) is 59.7. The van der Waals surface area contributed by atoms with Crippen molar-refractivity contribution in [2.24, 2.45) is 15.0 Å². The summed E-state index contributed by atoms with van der Waals surface area (Å²) in [5, 5.41) is 22.3. The van der Waals surface area contributed by atoms with E-state index in [1.807, 2.05) is 18.6 Å². The SMILES string of the molecule is Cc1cc2c(c3ccc4ccccc4c13)N=CC1(O2)N(C)c2cc3ccc4ccccc4c3cc2C1(C)C.Cc1cc2c(c3ccc4ccccc4c13)N=CC1(O2)N(C)c2ccccc2C1(C)C.Cc1cc2c(c3ccccc13)N=CC1(O2)N(C)c2cc3ccc4ccccc4c3cc2C1(C)C. The Morgan fingerprint density at radius 3 is 1.03 bits per heavy atom. The van der Waals surface area contributed by atoms with E-state index in [2.05, 4.69) is 335 Å². The third-order valence-corrected chi connectivity index (χ3v) is 24.3. The summed E-state index contributed by atoms with van der Waals surface area (Å²) in [5.41, 5.74) is 10.8. The van der Waals surface area contributed by atoms with Gasteiger partial charge < -0.3 is 28.9 Å². The van der Waals surface area contributed by atoms with Crippen LogP contribution in [0.2, 0.25) is 0 Å². The fourth-order valence-corrected chi connectivity index (χ4v) is 18.5. The van der Waals surface area contributed by atoms with Gasteiger partial charge in [-0.2, -0.15) is 0 Å². The van der Waals surface area contributed by atoms with Crippen molar-refractivity contribution in [1.82, 2.24) is 0 Å². The van der Waals surface area contributed by atoms with Gasteiger partial charge in [-0.15, -0.1) is 0 Å². The van der Waals surface area contributed by atoms with Crippen LogP contribution in [0, 0.1) is 20.8 Å². The minimum Gasteiger partial charge on any atom is -0.459 e. The number of aliphatic imine (C=N–C) groups is 3. The topological polar surface area (TPSA) is 74.5 Å². The first-order valence-electron chi connectivity index (χ1n) is 35.6. The zero-order chi connectivity index (χ0) is 69.7. The van der Waals surface area contributed by atoms with Gasteiger partial charge in [-0.05, 0) is 225 Å². The number of rotatable bonds is 0. The van der Waals surface area contributed by atoms with Gasteiger partial charge >= 0.3 is 0 Å². The Morgan fingerprint density at radius 1 is 0.265 bits per heavy atom. The molecule has 3 unspecified atom stereocenters. The highest BCUT2D eigenvalue weighted by atomic mass is 16.5. The lowest BCUT2D eigenvalue weighted by molar-refractivity contribution is 0.0826. The predicted octanol–water partition coefficient (Wildman–Crippen LogP) is 23.0. The molecule has 3 spiro atoms. The van der Waals surface area contributed by atoms with Gasteiger partial charge in [0.15, 0.2) is 0 Å². The van der Waals surface area contributed by atoms with E-state index in [1.54, 1.807) is 0 Å². The molecule has 9 nitrogen and oxygen atoms in total. The molecule has 9 heteroatoms. The Bertz CT molecular complexity index is 6300. The summed E-state index contributed by atoms with van der Waals surface area (Å²) in [4.78, 5) is 22.0. The second-order valence-electron chi connectivity index (χ2n) is 30.6. The van der Waals surface area contributed by atoms with Crippen LogP contribution in [0.3, 0.4) is 0 Å². The molecule has 0 aromatic heterocycles. The van der Waals surface area contributed by atoms with Crippen LogP contribution in [-0.2, 0) is 16.2 Å². The summed E-state index contributed by atoms with van der Waals surface area (Å²) in [5.74, 6) is 2.54. The minimum atomic E-state index is -0.730. The maximum Gasteiger partial charge on any atom is 0.228 e. The van der Waals surface area contributed by atoms with Gasteiger partial charge in [0.05, 0.1) is 34.9 Å². The molecule has 15 aromatic carbocycles. The molecule has 3 atom stereocenters. The number of aryl methyl sites for hydroxylation is 3. The molecule has 0 fully saturated rings. The summed E-state index contributed by atoms with van der Waals surface area (Å²) >= 11 is 0. The van der Waals surface area contributed by atoms with E-state index in [0.717, 1.165) is 50.5 Å². The van der Waals surface area contributed by atoms with Crippen molar-refractivity contribution in [1.29, 1.82) is 0 Å². The average Bonchev–Trinajstić information content (AvgIpc) is 1.53. The van der Waals surface area contributed by atoms with E-state index in [0.29, 0.717) is 0 Å². The number of fused-ring (bicyclic) bond motifs is 22. The highest BCUT2D eigenvalue weighted by molar-refractivity contribution is 6.17. The second-order valence-corrected chi connectivity index (χ2v) is 30.6. The van der Waals surface area contributed by atoms with Crippen LogP contribution in [0.5, 0.6) is 17.2 Å². The number of anilines is 3. The molecule has 0 aliphatic carbocycles. The van der Waals surface area contributed by atoms with Crippen molar-refractivity contribution in [2.45, 2.75) is 95.7 Å². The molecule has 0 radical (unpaired) electrons. The Morgan fingerprint density at radius 2 is 0.588 bits per heavy atom. The van der Waals surface area contributed by atoms with E-state index < -0.39 is 17.2 Å². The number of hydrogen-bond donors (Lipinski definition) is 0. The standard InChI is InChI=1S/C35H28N2O.C31H26N2O.C27H24N2O/c1-21-17-31-33(27-16-15-23-10-6-8-12-26(23)32(21)27)36-20-35(38-31)34(2,3)29-19-28-24(18-30(29)37(35)4)14-13-22-9-5-7-11-25(22)28;1-19-15-28-29(24-12-8-7-10-22(19)24)32-18-31(34-28)30(2,3)26-17-25-21(16-27(26)33(31)4)14-13-20-9-5-6-11-23(20)25;1-17-15-23-25(20-14-13-18-9-5-6-10-19(18)24(17)20)28-16-27(30-23)26(2,3)21-11-7-8-12-22(21)29(27)4/h5-20H,1-4H3;5-18H,1-4H3;5-16H,1-4H3. The van der Waals surface area contributed by atoms with Crippen LogP contribution in [0.25, 0.3) is 97.0 Å². The van der Waals surface area contributed by atoms with Crippen LogP contribution < -0.4 is 28.9 Å². The molecule has 0 amide bonds. The molecule has 6 aliphatic heterocycles.